The van der Waals surface area contributed by atoms with Gasteiger partial charge in [-0.15, -0.1) is 0 Å². The Morgan fingerprint density at radius 2 is 1.45 bits per heavy atom. The van der Waals surface area contributed by atoms with Crippen molar-refractivity contribution in [2.24, 2.45) is 5.41 Å². The molecule has 1 aromatic heterocycles. The highest BCUT2D eigenvalue weighted by Gasteiger charge is 2.37. The largest absolute Gasteiger partial charge is 0.497 e. The number of benzene rings is 2. The summed E-state index contributed by atoms with van der Waals surface area (Å²) in [5.41, 5.74) is 5.99. The van der Waals surface area contributed by atoms with Crippen LogP contribution in [0.3, 0.4) is 0 Å². The van der Waals surface area contributed by atoms with Crippen LogP contribution in [0.4, 0.5) is 17.2 Å². The molecule has 0 atom stereocenters. The summed E-state index contributed by atoms with van der Waals surface area (Å²) in [4.78, 5) is 21.2. The number of hydrogen-bond donors (Lipinski definition) is 2. The van der Waals surface area contributed by atoms with E-state index in [9.17, 15) is 4.79 Å². The molecule has 2 N–H and O–H groups in total. The van der Waals surface area contributed by atoms with Crippen molar-refractivity contribution in [1.29, 1.82) is 0 Å². The summed E-state index contributed by atoms with van der Waals surface area (Å²) in [7, 11) is 3.36. The summed E-state index contributed by atoms with van der Waals surface area (Å²) in [6.45, 7) is 11.2. The zero-order chi connectivity index (χ0) is 33.4. The van der Waals surface area contributed by atoms with E-state index >= 15 is 0 Å². The number of anilines is 3. The molecule has 0 bridgehead atoms. The molecule has 9 nitrogen and oxygen atoms in total. The van der Waals surface area contributed by atoms with Crippen molar-refractivity contribution in [2.75, 3.05) is 49.5 Å². The fourth-order valence-electron chi connectivity index (χ4n) is 6.10. The first-order chi connectivity index (χ1) is 22.6. The number of amides is 1. The third-order valence-electron chi connectivity index (χ3n) is 9.07. The van der Waals surface area contributed by atoms with Gasteiger partial charge in [-0.2, -0.15) is 0 Å². The van der Waals surface area contributed by atoms with Crippen molar-refractivity contribution in [3.8, 4) is 11.5 Å². The fraction of sp³-hybridized carbons (Fsp3) is 0.526. The zero-order valence-corrected chi connectivity index (χ0v) is 29.0. The van der Waals surface area contributed by atoms with Gasteiger partial charge in [-0.1, -0.05) is 44.5 Å². The van der Waals surface area contributed by atoms with E-state index in [0.29, 0.717) is 39.3 Å². The average Bonchev–Trinajstić information content (AvgIpc) is 3.08. The first-order valence-electron chi connectivity index (χ1n) is 17.0. The molecule has 254 valence electrons. The monoisotopic (exact) mass is 644 g/mol. The number of ether oxygens (including phenoxy) is 4. The van der Waals surface area contributed by atoms with E-state index in [2.05, 4.69) is 53.6 Å². The Balaban J connectivity index is 1.59. The number of hydrogen-bond acceptors (Lipinski definition) is 8. The minimum atomic E-state index is -0.593. The van der Waals surface area contributed by atoms with Crippen molar-refractivity contribution in [2.45, 2.75) is 91.5 Å². The lowest BCUT2D eigenvalue weighted by Gasteiger charge is -2.42. The number of fused-ring (bicyclic) bond motifs is 1. The molecule has 0 unspecified atom stereocenters. The van der Waals surface area contributed by atoms with Crippen LogP contribution >= 0.6 is 0 Å². The predicted molar refractivity (Wildman–Crippen MR) is 187 cm³/mol. The molecule has 2 heterocycles. The molecule has 0 saturated carbocycles. The summed E-state index contributed by atoms with van der Waals surface area (Å²) in [5, 5.41) is 7.18. The molecule has 2 aromatic carbocycles. The Kier molecular flexibility index (Phi) is 11.3. The zero-order valence-electron chi connectivity index (χ0n) is 29.0. The molecular weight excluding hydrogens is 592 g/mol. The van der Waals surface area contributed by atoms with Gasteiger partial charge in [0.05, 0.1) is 33.1 Å². The molecule has 0 spiro atoms. The van der Waals surface area contributed by atoms with Gasteiger partial charge in [0.25, 0.3) is 0 Å². The summed E-state index contributed by atoms with van der Waals surface area (Å²) in [6, 6.07) is 16.3. The van der Waals surface area contributed by atoms with Crippen LogP contribution in [0.25, 0.3) is 0 Å². The molecule has 1 amide bonds. The third-order valence-corrected chi connectivity index (χ3v) is 9.07. The van der Waals surface area contributed by atoms with Gasteiger partial charge in [0.2, 0.25) is 5.91 Å². The number of aryl methyl sites for hydroxylation is 1. The molecule has 1 saturated heterocycles. The quantitative estimate of drug-likeness (QED) is 0.186. The SMILES string of the molecule is CCCCC(=O)Nc1c(N(Cc2ccc(OC)cc2)Cc2ccc(OC)cc2)nc2c(c1NCC1(C)COC(C)(C)OC1)CCCC2. The highest BCUT2D eigenvalue weighted by molar-refractivity contribution is 5.99. The number of nitrogens with one attached hydrogen (secondary N) is 2. The van der Waals surface area contributed by atoms with E-state index in [1.54, 1.807) is 14.2 Å². The summed E-state index contributed by atoms with van der Waals surface area (Å²) < 4.78 is 23.0. The number of rotatable bonds is 14. The molecule has 0 radical (unpaired) electrons. The maximum absolute atomic E-state index is 13.5. The van der Waals surface area contributed by atoms with E-state index in [1.807, 2.05) is 38.1 Å². The maximum Gasteiger partial charge on any atom is 0.224 e. The first-order valence-corrected chi connectivity index (χ1v) is 17.0. The van der Waals surface area contributed by atoms with E-state index in [1.165, 1.54) is 5.56 Å². The van der Waals surface area contributed by atoms with Crippen molar-refractivity contribution in [3.63, 3.8) is 0 Å². The topological polar surface area (TPSA) is 94.2 Å². The van der Waals surface area contributed by atoms with Gasteiger partial charge < -0.3 is 34.5 Å². The fourth-order valence-corrected chi connectivity index (χ4v) is 6.10. The van der Waals surface area contributed by atoms with E-state index < -0.39 is 5.79 Å². The normalized spacial score (nSPS) is 16.6. The Bertz CT molecular complexity index is 1430. The molecular formula is C38H52N4O5. The van der Waals surface area contributed by atoms with Crippen molar-refractivity contribution < 1.29 is 23.7 Å². The molecule has 1 fully saturated rings. The Labute approximate surface area is 280 Å². The molecule has 2 aliphatic rings. The smallest absolute Gasteiger partial charge is 0.224 e. The minimum absolute atomic E-state index is 0.000140. The summed E-state index contributed by atoms with van der Waals surface area (Å²) in [6.07, 6.45) is 6.22. The van der Waals surface area contributed by atoms with Crippen molar-refractivity contribution >= 4 is 23.1 Å². The number of carbonyl (C=O) groups is 1. The maximum atomic E-state index is 13.5. The van der Waals surface area contributed by atoms with Crippen molar-refractivity contribution in [1.82, 2.24) is 4.98 Å². The van der Waals surface area contributed by atoms with E-state index in [4.69, 9.17) is 23.9 Å². The first kappa shape index (κ1) is 34.5. The van der Waals surface area contributed by atoms with Crippen LogP contribution in [-0.4, -0.2) is 50.7 Å². The Hall–Kier alpha value is -3.82. The highest BCUT2D eigenvalue weighted by Crippen LogP contribution is 2.42. The van der Waals surface area contributed by atoms with Crippen LogP contribution in [0, 0.1) is 5.41 Å². The third kappa shape index (κ3) is 8.96. The van der Waals surface area contributed by atoms with Gasteiger partial charge in [0.1, 0.15) is 17.2 Å². The lowest BCUT2D eigenvalue weighted by molar-refractivity contribution is -0.279. The second kappa shape index (κ2) is 15.4. The predicted octanol–water partition coefficient (Wildman–Crippen LogP) is 7.51. The van der Waals surface area contributed by atoms with Gasteiger partial charge in [-0.25, -0.2) is 4.98 Å². The molecule has 9 heteroatoms. The average molecular weight is 645 g/mol. The van der Waals surface area contributed by atoms with Crippen LogP contribution in [0.2, 0.25) is 0 Å². The number of carbonyl (C=O) groups excluding carboxylic acids is 1. The minimum Gasteiger partial charge on any atom is -0.497 e. The second-order valence-electron chi connectivity index (χ2n) is 13.7. The van der Waals surface area contributed by atoms with Gasteiger partial charge in [-0.3, -0.25) is 4.79 Å². The van der Waals surface area contributed by atoms with Gasteiger partial charge in [-0.05, 0) is 86.9 Å². The summed E-state index contributed by atoms with van der Waals surface area (Å²) >= 11 is 0. The Morgan fingerprint density at radius 3 is 2.00 bits per heavy atom. The lowest BCUT2D eigenvalue weighted by atomic mass is 9.90. The number of methoxy groups -OCH3 is 2. The number of aromatic nitrogens is 1. The summed E-state index contributed by atoms with van der Waals surface area (Å²) in [5.74, 6) is 1.80. The Morgan fingerprint density at radius 1 is 0.872 bits per heavy atom. The van der Waals surface area contributed by atoms with Crippen LogP contribution in [0.5, 0.6) is 11.5 Å². The van der Waals surface area contributed by atoms with Gasteiger partial charge in [0, 0.05) is 37.2 Å². The number of nitrogens with zero attached hydrogens (tertiary/aromatic N) is 2. The second-order valence-corrected chi connectivity index (χ2v) is 13.7. The number of pyridine rings is 1. The molecule has 5 rings (SSSR count). The van der Waals surface area contributed by atoms with Crippen LogP contribution in [0.15, 0.2) is 48.5 Å². The molecule has 47 heavy (non-hydrogen) atoms. The highest BCUT2D eigenvalue weighted by atomic mass is 16.7. The van der Waals surface area contributed by atoms with Crippen LogP contribution in [-0.2, 0) is 40.2 Å². The lowest BCUT2D eigenvalue weighted by Crippen LogP contribution is -2.48. The van der Waals surface area contributed by atoms with Crippen molar-refractivity contribution in [3.05, 3.63) is 70.9 Å². The standard InChI is InChI=1S/C38H52N4O5/c1-7-8-13-33(43)41-35-34(39-24-38(4)25-46-37(2,3)47-26-38)31-11-9-10-12-32(31)40-36(35)42(22-27-14-18-29(44-5)19-15-27)23-28-16-20-30(45-6)21-17-28/h14-21H,7-13,22-26H2,1-6H3,(H,39,40)(H,41,43). The number of unbranched alkanes of at least 4 members (excludes halogenated alkanes) is 1. The molecule has 1 aliphatic heterocycles. The van der Waals surface area contributed by atoms with Gasteiger partial charge >= 0.3 is 0 Å². The van der Waals surface area contributed by atoms with E-state index in [0.717, 1.165) is 84.0 Å². The van der Waals surface area contributed by atoms with Crippen LogP contribution < -0.4 is 25.0 Å². The van der Waals surface area contributed by atoms with Gasteiger partial charge in [0.15, 0.2) is 11.6 Å². The molecule has 1 aliphatic carbocycles. The van der Waals surface area contributed by atoms with Crippen LogP contribution in [0.1, 0.15) is 82.2 Å². The molecule has 3 aromatic rings. The van der Waals surface area contributed by atoms with E-state index in [-0.39, 0.29) is 11.3 Å².